The molecule has 9 heteroatoms. The van der Waals surface area contributed by atoms with Crippen LogP contribution in [0.2, 0.25) is 0 Å². The first kappa shape index (κ1) is 19.1. The summed E-state index contributed by atoms with van der Waals surface area (Å²) >= 11 is 0. The molecule has 24 heavy (non-hydrogen) atoms. The van der Waals surface area contributed by atoms with Crippen LogP contribution in [0.1, 0.15) is 40.0 Å². The first-order valence-corrected chi connectivity index (χ1v) is 9.52. The number of ether oxygens (including phenoxy) is 3. The number of carbonyl (C=O) groups excluding carboxylic acids is 2. The van der Waals surface area contributed by atoms with Crippen LogP contribution in [-0.2, 0) is 38.1 Å². The molecule has 8 nitrogen and oxygen atoms in total. The van der Waals surface area contributed by atoms with Crippen molar-refractivity contribution in [2.24, 2.45) is 5.92 Å². The van der Waals surface area contributed by atoms with Gasteiger partial charge >= 0.3 is 11.9 Å². The smallest absolute Gasteiger partial charge is 0.347 e. The van der Waals surface area contributed by atoms with Crippen LogP contribution in [-0.4, -0.2) is 57.1 Å². The van der Waals surface area contributed by atoms with Gasteiger partial charge in [-0.05, 0) is 26.2 Å². The summed E-state index contributed by atoms with van der Waals surface area (Å²) in [5.74, 6) is -1.54. The SMILES string of the molecule is CCC(C)C(=O)OC(C)C(=O)OC1C(OC)CC2CC1OS2(=O)=O. The second-order valence-electron chi connectivity index (χ2n) is 6.28. The van der Waals surface area contributed by atoms with Gasteiger partial charge in [0.25, 0.3) is 10.1 Å². The van der Waals surface area contributed by atoms with Crippen LogP contribution < -0.4 is 0 Å². The number of hydrogen-bond acceptors (Lipinski definition) is 8. The van der Waals surface area contributed by atoms with E-state index in [4.69, 9.17) is 18.4 Å². The van der Waals surface area contributed by atoms with Crippen LogP contribution in [0.15, 0.2) is 0 Å². The lowest BCUT2D eigenvalue weighted by atomic mass is 9.91. The van der Waals surface area contributed by atoms with Gasteiger partial charge in [0.15, 0.2) is 12.2 Å². The lowest BCUT2D eigenvalue weighted by Crippen LogP contribution is -2.47. The molecule has 0 aromatic rings. The zero-order valence-corrected chi connectivity index (χ0v) is 15.1. The van der Waals surface area contributed by atoms with Gasteiger partial charge in [-0.3, -0.25) is 8.98 Å². The Hall–Kier alpha value is -1.19. The molecule has 2 bridgehead atoms. The Balaban J connectivity index is 2.00. The van der Waals surface area contributed by atoms with E-state index >= 15 is 0 Å². The van der Waals surface area contributed by atoms with Crippen molar-refractivity contribution in [3.05, 3.63) is 0 Å². The maximum atomic E-state index is 12.2. The molecule has 1 saturated carbocycles. The van der Waals surface area contributed by atoms with Gasteiger partial charge in [-0.1, -0.05) is 13.8 Å². The molecule has 1 aliphatic heterocycles. The molecule has 2 aliphatic rings. The van der Waals surface area contributed by atoms with Crippen LogP contribution in [0.3, 0.4) is 0 Å². The molecule has 0 aromatic carbocycles. The van der Waals surface area contributed by atoms with Gasteiger partial charge in [-0.2, -0.15) is 8.42 Å². The first-order chi connectivity index (χ1) is 11.2. The molecule has 1 heterocycles. The monoisotopic (exact) mass is 364 g/mol. The Morgan fingerprint density at radius 1 is 1.21 bits per heavy atom. The van der Waals surface area contributed by atoms with E-state index in [2.05, 4.69) is 0 Å². The van der Waals surface area contributed by atoms with Crippen molar-refractivity contribution in [2.45, 2.75) is 69.7 Å². The fourth-order valence-electron chi connectivity index (χ4n) is 2.82. The van der Waals surface area contributed by atoms with Crippen LogP contribution in [0.25, 0.3) is 0 Å². The summed E-state index contributed by atoms with van der Waals surface area (Å²) in [7, 11) is -2.22. The van der Waals surface area contributed by atoms with Crippen LogP contribution in [0.5, 0.6) is 0 Å². The molecular formula is C15H24O8S. The van der Waals surface area contributed by atoms with Gasteiger partial charge in [0, 0.05) is 7.11 Å². The van der Waals surface area contributed by atoms with Crippen LogP contribution in [0, 0.1) is 5.92 Å². The molecule has 2 rings (SSSR count). The van der Waals surface area contributed by atoms with Gasteiger partial charge in [0.1, 0.15) is 6.10 Å². The van der Waals surface area contributed by atoms with Crippen molar-refractivity contribution in [3.63, 3.8) is 0 Å². The molecular weight excluding hydrogens is 340 g/mol. The van der Waals surface area contributed by atoms with Crippen molar-refractivity contribution < 1.29 is 36.4 Å². The van der Waals surface area contributed by atoms with E-state index < -0.39 is 51.7 Å². The summed E-state index contributed by atoms with van der Waals surface area (Å²) in [6.07, 6.45) is -2.20. The van der Waals surface area contributed by atoms with E-state index in [-0.39, 0.29) is 18.8 Å². The minimum atomic E-state index is -3.65. The fourth-order valence-corrected chi connectivity index (χ4v) is 4.36. The zero-order valence-electron chi connectivity index (χ0n) is 14.3. The first-order valence-electron chi connectivity index (χ1n) is 8.05. The third-order valence-corrected chi connectivity index (χ3v) is 6.30. The number of carbonyl (C=O) groups is 2. The Morgan fingerprint density at radius 2 is 1.88 bits per heavy atom. The summed E-state index contributed by atoms with van der Waals surface area (Å²) < 4.78 is 44.4. The van der Waals surface area contributed by atoms with Gasteiger partial charge in [-0.25, -0.2) is 4.79 Å². The van der Waals surface area contributed by atoms with Crippen molar-refractivity contribution in [3.8, 4) is 0 Å². The second-order valence-corrected chi connectivity index (χ2v) is 8.13. The van der Waals surface area contributed by atoms with Crippen LogP contribution in [0.4, 0.5) is 0 Å². The van der Waals surface area contributed by atoms with Gasteiger partial charge in [0.05, 0.1) is 17.3 Å². The van der Waals surface area contributed by atoms with Crippen molar-refractivity contribution in [1.82, 2.24) is 0 Å². The van der Waals surface area contributed by atoms with E-state index in [0.717, 1.165) is 0 Å². The van der Waals surface area contributed by atoms with Crippen molar-refractivity contribution in [2.75, 3.05) is 7.11 Å². The number of methoxy groups -OCH3 is 1. The van der Waals surface area contributed by atoms with E-state index in [1.165, 1.54) is 14.0 Å². The quantitative estimate of drug-likeness (QED) is 0.503. The standard InChI is InChI=1S/C15H24O8S/c1-5-8(2)14(16)21-9(3)15(17)22-13-11(20-4)6-10-7-12(13)23-24(10,18)19/h8-13H,5-7H2,1-4H3. The van der Waals surface area contributed by atoms with Crippen LogP contribution >= 0.6 is 0 Å². The molecule has 0 spiro atoms. The molecule has 0 N–H and O–H groups in total. The molecule has 138 valence electrons. The maximum absolute atomic E-state index is 12.2. The summed E-state index contributed by atoms with van der Waals surface area (Å²) in [4.78, 5) is 24.0. The molecule has 0 radical (unpaired) electrons. The molecule has 6 unspecified atom stereocenters. The largest absolute Gasteiger partial charge is 0.454 e. The van der Waals surface area contributed by atoms with Gasteiger partial charge in [-0.15, -0.1) is 0 Å². The highest BCUT2D eigenvalue weighted by atomic mass is 32.2. The normalized spacial score (nSPS) is 33.5. The minimum absolute atomic E-state index is 0.203. The van der Waals surface area contributed by atoms with E-state index in [0.29, 0.717) is 6.42 Å². The molecule has 0 amide bonds. The molecule has 1 aliphatic carbocycles. The number of rotatable bonds is 6. The Bertz CT molecular complexity index is 586. The van der Waals surface area contributed by atoms with E-state index in [1.807, 2.05) is 6.92 Å². The summed E-state index contributed by atoms with van der Waals surface area (Å²) in [5.41, 5.74) is 0. The summed E-state index contributed by atoms with van der Waals surface area (Å²) in [6, 6.07) is 0. The molecule has 1 saturated heterocycles. The highest BCUT2D eigenvalue weighted by molar-refractivity contribution is 7.87. The molecule has 6 atom stereocenters. The maximum Gasteiger partial charge on any atom is 0.347 e. The Morgan fingerprint density at radius 3 is 2.46 bits per heavy atom. The minimum Gasteiger partial charge on any atom is -0.454 e. The number of esters is 2. The Labute approximate surface area is 141 Å². The lowest BCUT2D eigenvalue weighted by molar-refractivity contribution is -0.183. The zero-order chi connectivity index (χ0) is 18.1. The fraction of sp³-hybridized carbons (Fsp3) is 0.867. The van der Waals surface area contributed by atoms with Gasteiger partial charge < -0.3 is 14.2 Å². The average Bonchev–Trinajstić information content (AvgIpc) is 2.78. The summed E-state index contributed by atoms with van der Waals surface area (Å²) in [6.45, 7) is 4.97. The average molecular weight is 364 g/mol. The highest BCUT2D eigenvalue weighted by Gasteiger charge is 2.53. The number of fused-ring (bicyclic) bond motifs is 2. The summed E-state index contributed by atoms with van der Waals surface area (Å²) in [5, 5.41) is -0.636. The predicted octanol–water partition coefficient (Wildman–Crippen LogP) is 0.782. The van der Waals surface area contributed by atoms with Crippen molar-refractivity contribution in [1.29, 1.82) is 0 Å². The van der Waals surface area contributed by atoms with E-state index in [9.17, 15) is 18.0 Å². The highest BCUT2D eigenvalue weighted by Crippen LogP contribution is 2.38. The van der Waals surface area contributed by atoms with E-state index in [1.54, 1.807) is 6.92 Å². The lowest BCUT2D eigenvalue weighted by Gasteiger charge is -2.32. The molecule has 2 fully saturated rings. The van der Waals surface area contributed by atoms with Crippen molar-refractivity contribution >= 4 is 22.1 Å². The predicted molar refractivity (Wildman–Crippen MR) is 82.5 cm³/mol. The second kappa shape index (κ2) is 7.37. The molecule has 0 aromatic heterocycles. The Kier molecular flexibility index (Phi) is 5.87. The third kappa shape index (κ3) is 3.89. The topological polar surface area (TPSA) is 105 Å². The third-order valence-electron chi connectivity index (χ3n) is 4.58. The number of hydrogen-bond donors (Lipinski definition) is 0. The van der Waals surface area contributed by atoms with Gasteiger partial charge in [0.2, 0.25) is 0 Å².